The van der Waals surface area contributed by atoms with Gasteiger partial charge in [-0.25, -0.2) is 0 Å². The van der Waals surface area contributed by atoms with Gasteiger partial charge in [-0.1, -0.05) is 58.4 Å². The fraction of sp³-hybridized carbons (Fsp3) is 0.519. The van der Waals surface area contributed by atoms with Gasteiger partial charge in [0.2, 0.25) is 5.91 Å². The third-order valence-electron chi connectivity index (χ3n) is 7.48. The summed E-state index contributed by atoms with van der Waals surface area (Å²) < 4.78 is 4.63. The van der Waals surface area contributed by atoms with Gasteiger partial charge in [-0.2, -0.15) is 0 Å². The number of fused-ring (bicyclic) bond motifs is 1. The number of hydrogen-bond donors (Lipinski definition) is 1. The predicted molar refractivity (Wildman–Crippen MR) is 150 cm³/mol. The third-order valence-corrected chi connectivity index (χ3v) is 11.0. The summed E-state index contributed by atoms with van der Waals surface area (Å²) in [6.07, 6.45) is 4.76. The molecule has 10 heteroatoms. The lowest BCUT2D eigenvalue weighted by Gasteiger charge is -2.38. The van der Waals surface area contributed by atoms with Crippen molar-refractivity contribution in [3.63, 3.8) is 0 Å². The Morgan fingerprint density at radius 2 is 2.11 bits per heavy atom. The highest BCUT2D eigenvalue weighted by atomic mass is 79.9. The van der Waals surface area contributed by atoms with E-state index in [0.29, 0.717) is 36.5 Å². The Hall–Kier alpha value is -1.81. The van der Waals surface area contributed by atoms with Gasteiger partial charge in [0.15, 0.2) is 0 Å². The minimum absolute atomic E-state index is 0.00652. The molecule has 3 aliphatic heterocycles. The predicted octanol–water partition coefficient (Wildman–Crippen LogP) is 4.13. The molecule has 0 aromatic heterocycles. The van der Waals surface area contributed by atoms with E-state index in [1.807, 2.05) is 19.1 Å². The van der Waals surface area contributed by atoms with Crippen LogP contribution in [0, 0.1) is 18.8 Å². The topological polar surface area (TPSA) is 87.1 Å². The van der Waals surface area contributed by atoms with Crippen LogP contribution < -0.4 is 4.90 Å². The van der Waals surface area contributed by atoms with Crippen LogP contribution in [-0.2, 0) is 19.1 Å². The number of esters is 1. The lowest BCUT2D eigenvalue weighted by atomic mass is 9.71. The molecule has 4 rings (SSSR count). The van der Waals surface area contributed by atoms with Gasteiger partial charge in [-0.05, 0) is 37.8 Å². The molecule has 3 heterocycles. The molecule has 37 heavy (non-hydrogen) atoms. The fourth-order valence-electron chi connectivity index (χ4n) is 6.08. The van der Waals surface area contributed by atoms with Gasteiger partial charge in [0.25, 0.3) is 5.91 Å². The normalized spacial score (nSPS) is 29.8. The average molecular weight is 612 g/mol. The Morgan fingerprint density at radius 3 is 2.76 bits per heavy atom. The fourth-order valence-corrected chi connectivity index (χ4v) is 10.0. The molecule has 1 aromatic carbocycles. The maximum Gasteiger partial charge on any atom is 0.311 e. The van der Waals surface area contributed by atoms with Crippen molar-refractivity contribution in [1.29, 1.82) is 0 Å². The van der Waals surface area contributed by atoms with Crippen molar-refractivity contribution in [2.75, 3.05) is 31.2 Å². The Morgan fingerprint density at radius 1 is 1.35 bits per heavy atom. The van der Waals surface area contributed by atoms with E-state index in [2.05, 4.69) is 29.1 Å². The number of carbonyl (C=O) groups is 3. The highest BCUT2D eigenvalue weighted by molar-refractivity contribution is 9.09. The molecule has 3 unspecified atom stereocenters. The first-order valence-corrected chi connectivity index (χ1v) is 14.6. The number of aliphatic hydroxyl groups is 1. The number of unbranched alkanes of at least 4 members (excludes halogenated alkanes) is 1. The van der Waals surface area contributed by atoms with E-state index < -0.39 is 28.6 Å². The van der Waals surface area contributed by atoms with Gasteiger partial charge in [0, 0.05) is 29.8 Å². The quantitative estimate of drug-likeness (QED) is 0.175. The summed E-state index contributed by atoms with van der Waals surface area (Å²) in [5, 5.41) is 9.62. The second-order valence-electron chi connectivity index (χ2n) is 9.69. The SMILES string of the molecule is C=CCOC(=O)[C@H]1[C@H]2C(=O)N(CCCCO)C(C(=O)N(CC=C)c3c(C)cccc3Cl)C23CC(Br)[C@@H]1S3. The number of thioether (sulfide) groups is 1. The van der Waals surface area contributed by atoms with Crippen LogP contribution in [0.5, 0.6) is 0 Å². The van der Waals surface area contributed by atoms with Gasteiger partial charge in [0.1, 0.15) is 12.6 Å². The van der Waals surface area contributed by atoms with Crippen LogP contribution in [0.1, 0.15) is 24.8 Å². The lowest BCUT2D eigenvalue weighted by molar-refractivity contribution is -0.153. The van der Waals surface area contributed by atoms with E-state index in [1.54, 1.807) is 33.7 Å². The van der Waals surface area contributed by atoms with Crippen LogP contribution in [0.25, 0.3) is 0 Å². The monoisotopic (exact) mass is 610 g/mol. The Kier molecular flexibility index (Phi) is 8.78. The molecule has 200 valence electrons. The number of benzene rings is 1. The second-order valence-corrected chi connectivity index (χ2v) is 12.8. The first kappa shape index (κ1) is 28.2. The smallest absolute Gasteiger partial charge is 0.311 e. The van der Waals surface area contributed by atoms with Crippen molar-refractivity contribution in [2.24, 2.45) is 11.8 Å². The summed E-state index contributed by atoms with van der Waals surface area (Å²) in [6.45, 7) is 9.94. The molecule has 2 bridgehead atoms. The Labute approximate surface area is 235 Å². The molecular weight excluding hydrogens is 580 g/mol. The maximum absolute atomic E-state index is 14.5. The highest BCUT2D eigenvalue weighted by Crippen LogP contribution is 2.68. The van der Waals surface area contributed by atoms with Crippen molar-refractivity contribution in [3.8, 4) is 0 Å². The van der Waals surface area contributed by atoms with E-state index in [4.69, 9.17) is 16.3 Å². The number of ether oxygens (including phenoxy) is 1. The van der Waals surface area contributed by atoms with Crippen LogP contribution in [0.15, 0.2) is 43.5 Å². The highest BCUT2D eigenvalue weighted by Gasteiger charge is 2.76. The number of rotatable bonds is 11. The number of anilines is 1. The molecule has 3 saturated heterocycles. The molecule has 0 radical (unpaired) electrons. The summed E-state index contributed by atoms with van der Waals surface area (Å²) >= 11 is 11.9. The van der Waals surface area contributed by atoms with Gasteiger partial charge in [0.05, 0.1) is 27.3 Å². The summed E-state index contributed by atoms with van der Waals surface area (Å²) in [6, 6.07) is 4.66. The third kappa shape index (κ3) is 4.77. The van der Waals surface area contributed by atoms with E-state index >= 15 is 0 Å². The Bertz CT molecular complexity index is 1080. The molecule has 1 aromatic rings. The molecule has 6 atom stereocenters. The van der Waals surface area contributed by atoms with Crippen LogP contribution in [0.2, 0.25) is 5.02 Å². The number of carbonyl (C=O) groups excluding carboxylic acids is 3. The Balaban J connectivity index is 1.80. The first-order chi connectivity index (χ1) is 17.7. The van der Waals surface area contributed by atoms with Crippen LogP contribution in [0.4, 0.5) is 5.69 Å². The van der Waals surface area contributed by atoms with Crippen LogP contribution in [-0.4, -0.2) is 75.0 Å². The summed E-state index contributed by atoms with van der Waals surface area (Å²) in [4.78, 5) is 44.9. The molecule has 7 nitrogen and oxygen atoms in total. The van der Waals surface area contributed by atoms with Crippen molar-refractivity contribution in [3.05, 3.63) is 54.1 Å². The zero-order valence-electron chi connectivity index (χ0n) is 20.8. The molecule has 2 amide bonds. The number of alkyl halides is 1. The number of aliphatic hydroxyl groups excluding tert-OH is 1. The van der Waals surface area contributed by atoms with E-state index in [1.165, 1.54) is 6.08 Å². The molecule has 1 N–H and O–H groups in total. The summed E-state index contributed by atoms with van der Waals surface area (Å²) in [5.41, 5.74) is 1.42. The molecular formula is C27H32BrClN2O5S. The first-order valence-electron chi connectivity index (χ1n) is 12.4. The van der Waals surface area contributed by atoms with Crippen LogP contribution >= 0.6 is 39.3 Å². The minimum Gasteiger partial charge on any atom is -0.461 e. The molecule has 0 aliphatic carbocycles. The standard InChI is InChI=1S/C27H32BrClN2O5S/c1-4-11-30(21-16(3)9-8-10-18(21)29)25(34)23-27-15-17(28)22(37-27)19(26(35)36-14-5-2)20(27)24(33)31(23)12-6-7-13-32/h4-5,8-10,17,19-20,22-23,32H,1-2,6-7,11-15H2,3H3/t17?,19-,20-,22-,23?,27?/m0/s1. The largest absolute Gasteiger partial charge is 0.461 e. The lowest BCUT2D eigenvalue weighted by Crippen LogP contribution is -2.55. The molecule has 3 fully saturated rings. The zero-order valence-corrected chi connectivity index (χ0v) is 23.9. The van der Waals surface area contributed by atoms with Crippen molar-refractivity contribution in [2.45, 2.75) is 47.1 Å². The minimum atomic E-state index is -0.799. The number of amides is 2. The number of likely N-dealkylation sites (tertiary alicyclic amines) is 1. The van der Waals surface area contributed by atoms with Crippen molar-refractivity contribution in [1.82, 2.24) is 4.90 Å². The van der Waals surface area contributed by atoms with Crippen molar-refractivity contribution >= 4 is 62.8 Å². The molecule has 0 saturated carbocycles. The summed E-state index contributed by atoms with van der Waals surface area (Å²) in [5.74, 6) is -2.22. The van der Waals surface area contributed by atoms with Gasteiger partial charge in [-0.3, -0.25) is 14.4 Å². The van der Waals surface area contributed by atoms with Crippen molar-refractivity contribution < 1.29 is 24.2 Å². The van der Waals surface area contributed by atoms with Gasteiger partial charge in [-0.15, -0.1) is 18.3 Å². The van der Waals surface area contributed by atoms with E-state index in [9.17, 15) is 19.5 Å². The number of hydrogen-bond acceptors (Lipinski definition) is 6. The number of para-hydroxylation sites is 1. The number of nitrogens with zero attached hydrogens (tertiary/aromatic N) is 2. The second kappa shape index (κ2) is 11.5. The van der Waals surface area contributed by atoms with Gasteiger partial charge < -0.3 is 19.6 Å². The van der Waals surface area contributed by atoms with E-state index in [-0.39, 0.29) is 41.6 Å². The number of aryl methyl sites for hydroxylation is 1. The zero-order chi connectivity index (χ0) is 26.9. The summed E-state index contributed by atoms with van der Waals surface area (Å²) in [7, 11) is 0. The molecule has 1 spiro atoms. The van der Waals surface area contributed by atoms with Crippen LogP contribution in [0.3, 0.4) is 0 Å². The maximum atomic E-state index is 14.5. The molecule has 3 aliphatic rings. The van der Waals surface area contributed by atoms with Gasteiger partial charge >= 0.3 is 5.97 Å². The average Bonchev–Trinajstić information content (AvgIpc) is 3.45. The number of halogens is 2. The van der Waals surface area contributed by atoms with E-state index in [0.717, 1.165) is 5.56 Å².